The number of alkyl halides is 3. The summed E-state index contributed by atoms with van der Waals surface area (Å²) in [5, 5.41) is 3.41. The standard InChI is InChI=1S/C25H27F3N4O4/c1-15(31-10-12-32(13-11-31)17-7-4-6-16(14-17)25(26,27)28)23(33)30-21-20-18(8-5-9-19(20)35-2)29-22(21)24(34)36-3/h4-9,14-15,29H,10-13H2,1-3H3,(H,30,33)/t15-/m0/s1. The van der Waals surface area contributed by atoms with Crippen LogP contribution in [0.4, 0.5) is 24.5 Å². The number of hydrogen-bond donors (Lipinski definition) is 2. The summed E-state index contributed by atoms with van der Waals surface area (Å²) in [5.41, 5.74) is 0.786. The molecule has 0 spiro atoms. The maximum absolute atomic E-state index is 13.2. The molecule has 0 unspecified atom stereocenters. The number of ether oxygens (including phenoxy) is 2. The molecule has 0 saturated carbocycles. The number of H-pyrrole nitrogens is 1. The van der Waals surface area contributed by atoms with E-state index in [2.05, 4.69) is 10.3 Å². The number of aromatic nitrogens is 1. The number of hydrogen-bond acceptors (Lipinski definition) is 6. The van der Waals surface area contributed by atoms with Crippen LogP contribution in [0.1, 0.15) is 23.0 Å². The lowest BCUT2D eigenvalue weighted by Gasteiger charge is -2.38. The number of benzene rings is 2. The summed E-state index contributed by atoms with van der Waals surface area (Å²) in [5.74, 6) is -0.484. The van der Waals surface area contributed by atoms with Crippen LogP contribution >= 0.6 is 0 Å². The topological polar surface area (TPSA) is 86.9 Å². The molecule has 36 heavy (non-hydrogen) atoms. The Morgan fingerprint density at radius 1 is 1.06 bits per heavy atom. The van der Waals surface area contributed by atoms with E-state index in [1.54, 1.807) is 31.2 Å². The number of nitrogens with one attached hydrogen (secondary N) is 2. The van der Waals surface area contributed by atoms with Crippen molar-refractivity contribution in [3.05, 3.63) is 53.7 Å². The summed E-state index contributed by atoms with van der Waals surface area (Å²) in [4.78, 5) is 32.4. The molecule has 2 heterocycles. The number of methoxy groups -OCH3 is 2. The molecule has 3 aromatic rings. The molecule has 2 N–H and O–H groups in total. The number of aromatic amines is 1. The van der Waals surface area contributed by atoms with E-state index in [4.69, 9.17) is 9.47 Å². The molecule has 192 valence electrons. The average molecular weight is 505 g/mol. The van der Waals surface area contributed by atoms with Gasteiger partial charge in [0.2, 0.25) is 5.91 Å². The fraction of sp³-hybridized carbons (Fsp3) is 0.360. The zero-order valence-electron chi connectivity index (χ0n) is 20.1. The zero-order valence-corrected chi connectivity index (χ0v) is 20.1. The molecular formula is C25H27F3N4O4. The summed E-state index contributed by atoms with van der Waals surface area (Å²) < 4.78 is 49.5. The summed E-state index contributed by atoms with van der Waals surface area (Å²) >= 11 is 0. The van der Waals surface area contributed by atoms with E-state index in [1.807, 2.05) is 9.80 Å². The van der Waals surface area contributed by atoms with Crippen molar-refractivity contribution >= 4 is 34.2 Å². The predicted octanol–water partition coefficient (Wildman–Crippen LogP) is 4.13. The van der Waals surface area contributed by atoms with Crippen LogP contribution in [-0.2, 0) is 15.7 Å². The van der Waals surface area contributed by atoms with Crippen molar-refractivity contribution in [1.82, 2.24) is 9.88 Å². The first-order chi connectivity index (χ1) is 17.1. The first-order valence-electron chi connectivity index (χ1n) is 11.4. The molecule has 1 aromatic heterocycles. The van der Waals surface area contributed by atoms with Crippen molar-refractivity contribution in [2.75, 3.05) is 50.6 Å². The van der Waals surface area contributed by atoms with Gasteiger partial charge in [0, 0.05) is 31.9 Å². The number of rotatable bonds is 6. The first-order valence-corrected chi connectivity index (χ1v) is 11.4. The van der Waals surface area contributed by atoms with Crippen molar-refractivity contribution in [3.8, 4) is 5.75 Å². The number of nitrogens with zero attached hydrogens (tertiary/aromatic N) is 2. The number of piperazine rings is 1. The molecular weight excluding hydrogens is 477 g/mol. The summed E-state index contributed by atoms with van der Waals surface area (Å²) in [6.07, 6.45) is -4.40. The second kappa shape index (κ2) is 10.1. The molecule has 1 fully saturated rings. The van der Waals surface area contributed by atoms with Gasteiger partial charge in [-0.05, 0) is 37.3 Å². The summed E-state index contributed by atoms with van der Waals surface area (Å²) in [6, 6.07) is 9.93. The Kier molecular flexibility index (Phi) is 7.11. The van der Waals surface area contributed by atoms with Gasteiger partial charge in [-0.15, -0.1) is 0 Å². The van der Waals surface area contributed by atoms with E-state index in [9.17, 15) is 22.8 Å². The molecule has 11 heteroatoms. The second-order valence-electron chi connectivity index (χ2n) is 8.49. The van der Waals surface area contributed by atoms with Gasteiger partial charge in [0.25, 0.3) is 0 Å². The van der Waals surface area contributed by atoms with Gasteiger partial charge in [-0.3, -0.25) is 9.69 Å². The van der Waals surface area contributed by atoms with Crippen molar-refractivity contribution in [1.29, 1.82) is 0 Å². The van der Waals surface area contributed by atoms with Crippen LogP contribution in [0.25, 0.3) is 10.9 Å². The van der Waals surface area contributed by atoms with E-state index >= 15 is 0 Å². The molecule has 1 saturated heterocycles. The number of anilines is 2. The van der Waals surface area contributed by atoms with Gasteiger partial charge in [-0.1, -0.05) is 12.1 Å². The maximum Gasteiger partial charge on any atom is 0.416 e. The fourth-order valence-corrected chi connectivity index (χ4v) is 4.41. The lowest BCUT2D eigenvalue weighted by molar-refractivity contribution is -0.137. The third kappa shape index (κ3) is 4.97. The highest BCUT2D eigenvalue weighted by atomic mass is 19.4. The zero-order chi connectivity index (χ0) is 26.0. The van der Waals surface area contributed by atoms with E-state index in [1.165, 1.54) is 20.3 Å². The Labute approximate surface area is 206 Å². The minimum Gasteiger partial charge on any atom is -0.496 e. The van der Waals surface area contributed by atoms with Crippen molar-refractivity contribution < 1.29 is 32.2 Å². The molecule has 8 nitrogen and oxygen atoms in total. The monoisotopic (exact) mass is 504 g/mol. The van der Waals surface area contributed by atoms with E-state index in [0.717, 1.165) is 12.1 Å². The van der Waals surface area contributed by atoms with Gasteiger partial charge in [0.1, 0.15) is 11.4 Å². The molecule has 1 atom stereocenters. The number of carbonyl (C=O) groups excluding carboxylic acids is 2. The third-order valence-corrected chi connectivity index (χ3v) is 6.42. The summed E-state index contributed by atoms with van der Waals surface area (Å²) in [7, 11) is 2.75. The average Bonchev–Trinajstić information content (AvgIpc) is 3.25. The largest absolute Gasteiger partial charge is 0.496 e. The van der Waals surface area contributed by atoms with Gasteiger partial charge in [-0.25, -0.2) is 4.79 Å². The molecule has 0 radical (unpaired) electrons. The van der Waals surface area contributed by atoms with E-state index < -0.39 is 23.8 Å². The highest BCUT2D eigenvalue weighted by Crippen LogP contribution is 2.36. The van der Waals surface area contributed by atoms with E-state index in [0.29, 0.717) is 48.5 Å². The number of carbonyl (C=O) groups is 2. The van der Waals surface area contributed by atoms with Gasteiger partial charge in [-0.2, -0.15) is 13.2 Å². The quantitative estimate of drug-likeness (QED) is 0.491. The Morgan fingerprint density at radius 2 is 1.75 bits per heavy atom. The first kappa shape index (κ1) is 25.4. The van der Waals surface area contributed by atoms with Crippen LogP contribution in [0.5, 0.6) is 5.75 Å². The van der Waals surface area contributed by atoms with Crippen LogP contribution in [0, 0.1) is 0 Å². The van der Waals surface area contributed by atoms with Crippen molar-refractivity contribution in [2.45, 2.75) is 19.1 Å². The highest BCUT2D eigenvalue weighted by molar-refractivity contribution is 6.13. The van der Waals surface area contributed by atoms with Gasteiger partial charge in [0.15, 0.2) is 0 Å². The Bertz CT molecular complexity index is 1270. The van der Waals surface area contributed by atoms with Gasteiger partial charge in [0.05, 0.1) is 42.4 Å². The molecule has 1 aliphatic rings. The lowest BCUT2D eigenvalue weighted by Crippen LogP contribution is -2.52. The molecule has 1 amide bonds. The minimum atomic E-state index is -4.40. The lowest BCUT2D eigenvalue weighted by atomic mass is 10.1. The van der Waals surface area contributed by atoms with Crippen LogP contribution in [0.3, 0.4) is 0 Å². The molecule has 4 rings (SSSR count). The van der Waals surface area contributed by atoms with Gasteiger partial charge < -0.3 is 24.7 Å². The molecule has 0 aliphatic carbocycles. The molecule has 2 aromatic carbocycles. The molecule has 1 aliphatic heterocycles. The number of fused-ring (bicyclic) bond motifs is 1. The van der Waals surface area contributed by atoms with Crippen LogP contribution < -0.4 is 15.0 Å². The minimum absolute atomic E-state index is 0.104. The smallest absolute Gasteiger partial charge is 0.416 e. The molecule has 0 bridgehead atoms. The Morgan fingerprint density at radius 3 is 2.39 bits per heavy atom. The Hall–Kier alpha value is -3.73. The van der Waals surface area contributed by atoms with E-state index in [-0.39, 0.29) is 17.3 Å². The maximum atomic E-state index is 13.2. The number of amides is 1. The number of halogens is 3. The van der Waals surface area contributed by atoms with Crippen molar-refractivity contribution in [2.24, 2.45) is 0 Å². The van der Waals surface area contributed by atoms with Crippen molar-refractivity contribution in [3.63, 3.8) is 0 Å². The van der Waals surface area contributed by atoms with Crippen LogP contribution in [0.2, 0.25) is 0 Å². The van der Waals surface area contributed by atoms with Gasteiger partial charge >= 0.3 is 12.1 Å². The predicted molar refractivity (Wildman–Crippen MR) is 130 cm³/mol. The second-order valence-corrected chi connectivity index (χ2v) is 8.49. The van der Waals surface area contributed by atoms with Crippen LogP contribution in [0.15, 0.2) is 42.5 Å². The highest BCUT2D eigenvalue weighted by Gasteiger charge is 2.32. The van der Waals surface area contributed by atoms with Crippen LogP contribution in [-0.4, -0.2) is 68.2 Å². The summed E-state index contributed by atoms with van der Waals surface area (Å²) in [6.45, 7) is 3.64. The Balaban J connectivity index is 1.48. The number of esters is 1. The normalized spacial score (nSPS) is 15.6. The fourth-order valence-electron chi connectivity index (χ4n) is 4.41. The SMILES string of the molecule is COC(=O)c1[nH]c2cccc(OC)c2c1NC(=O)[C@H](C)N1CCN(c2cccc(C(F)(F)F)c2)CC1. The third-order valence-electron chi connectivity index (χ3n) is 6.42.